The van der Waals surface area contributed by atoms with Gasteiger partial charge in [-0.15, -0.1) is 5.10 Å². The number of benzene rings is 1. The number of aromatic nitrogens is 2. The monoisotopic (exact) mass is 323 g/mol. The highest BCUT2D eigenvalue weighted by molar-refractivity contribution is 9.10. The van der Waals surface area contributed by atoms with Gasteiger partial charge >= 0.3 is 0 Å². The van der Waals surface area contributed by atoms with Crippen molar-refractivity contribution in [2.75, 3.05) is 0 Å². The van der Waals surface area contributed by atoms with E-state index in [1.165, 1.54) is 22.7 Å². The number of fused-ring (bicyclic) bond motifs is 1. The van der Waals surface area contributed by atoms with E-state index in [-0.39, 0.29) is 11.9 Å². The molecule has 1 aromatic heterocycles. The molecule has 18 heavy (non-hydrogen) atoms. The lowest BCUT2D eigenvalue weighted by molar-refractivity contribution is 0.0931. The largest absolute Gasteiger partial charge is 0.344 e. The zero-order valence-electron chi connectivity index (χ0n) is 9.39. The molecule has 0 unspecified atom stereocenters. The van der Waals surface area contributed by atoms with Crippen molar-refractivity contribution in [1.29, 1.82) is 0 Å². The van der Waals surface area contributed by atoms with E-state index in [1.54, 1.807) is 5.38 Å². The van der Waals surface area contributed by atoms with Crippen molar-refractivity contribution in [2.24, 2.45) is 0 Å². The lowest BCUT2D eigenvalue weighted by atomic mass is 10.1. The molecule has 0 saturated carbocycles. The van der Waals surface area contributed by atoms with Crippen LogP contribution in [-0.2, 0) is 6.42 Å². The second-order valence-corrected chi connectivity index (χ2v) is 5.63. The summed E-state index contributed by atoms with van der Waals surface area (Å²) in [7, 11) is 0. The number of nitrogens with one attached hydrogen (secondary N) is 1. The fourth-order valence-electron chi connectivity index (χ4n) is 2.26. The summed E-state index contributed by atoms with van der Waals surface area (Å²) in [6.07, 6.45) is 1.91. The van der Waals surface area contributed by atoms with Gasteiger partial charge in [-0.3, -0.25) is 4.79 Å². The molecule has 92 valence electrons. The summed E-state index contributed by atoms with van der Waals surface area (Å²) in [5.74, 6) is -0.151. The van der Waals surface area contributed by atoms with Crippen molar-refractivity contribution in [3.63, 3.8) is 0 Å². The molecule has 1 N–H and O–H groups in total. The molecule has 1 aromatic carbocycles. The van der Waals surface area contributed by atoms with Gasteiger partial charge in [0.2, 0.25) is 0 Å². The Morgan fingerprint density at radius 3 is 3.17 bits per heavy atom. The van der Waals surface area contributed by atoms with Crippen LogP contribution in [0.3, 0.4) is 0 Å². The Kier molecular flexibility index (Phi) is 3.13. The smallest absolute Gasteiger partial charge is 0.273 e. The molecule has 0 spiro atoms. The van der Waals surface area contributed by atoms with Crippen LogP contribution in [0.5, 0.6) is 0 Å². The Bertz CT molecular complexity index is 585. The van der Waals surface area contributed by atoms with Gasteiger partial charge < -0.3 is 5.32 Å². The number of hydrogen-bond donors (Lipinski definition) is 1. The third kappa shape index (κ3) is 2.06. The summed E-state index contributed by atoms with van der Waals surface area (Å²) in [6, 6.07) is 6.18. The van der Waals surface area contributed by atoms with E-state index in [0.717, 1.165) is 17.3 Å². The predicted molar refractivity (Wildman–Crippen MR) is 72.6 cm³/mol. The number of carbonyl (C=O) groups excluding carboxylic acids is 1. The van der Waals surface area contributed by atoms with E-state index >= 15 is 0 Å². The molecule has 1 amide bonds. The number of amides is 1. The van der Waals surface area contributed by atoms with E-state index in [0.29, 0.717) is 5.69 Å². The fraction of sp³-hybridized carbons (Fsp3) is 0.250. The standard InChI is InChI=1S/C12H10BrN3OS/c13-9-3-1-2-8-7(9)4-5-10(8)14-12(17)11-6-18-16-15-11/h1-3,6,10H,4-5H2,(H,14,17)/t10-/m1/s1. The van der Waals surface area contributed by atoms with E-state index < -0.39 is 0 Å². The van der Waals surface area contributed by atoms with Crippen molar-refractivity contribution in [3.8, 4) is 0 Å². The number of nitrogens with zero attached hydrogens (tertiary/aromatic N) is 2. The molecule has 0 radical (unpaired) electrons. The maximum Gasteiger partial charge on any atom is 0.273 e. The zero-order valence-corrected chi connectivity index (χ0v) is 11.8. The lowest BCUT2D eigenvalue weighted by Crippen LogP contribution is -2.27. The van der Waals surface area contributed by atoms with Gasteiger partial charge in [-0.1, -0.05) is 32.6 Å². The first-order valence-corrected chi connectivity index (χ1v) is 7.24. The number of carbonyl (C=O) groups is 1. The quantitative estimate of drug-likeness (QED) is 0.924. The Labute approximate surface area is 117 Å². The van der Waals surface area contributed by atoms with Gasteiger partial charge in [-0.25, -0.2) is 0 Å². The van der Waals surface area contributed by atoms with Crippen LogP contribution < -0.4 is 5.32 Å². The minimum atomic E-state index is -0.151. The van der Waals surface area contributed by atoms with E-state index in [4.69, 9.17) is 0 Å². The second kappa shape index (κ2) is 4.78. The van der Waals surface area contributed by atoms with Crippen LogP contribution in [0, 0.1) is 0 Å². The van der Waals surface area contributed by atoms with Crippen LogP contribution in [0.15, 0.2) is 28.1 Å². The molecule has 2 aromatic rings. The maximum absolute atomic E-state index is 11.9. The van der Waals surface area contributed by atoms with Gasteiger partial charge in [0, 0.05) is 9.85 Å². The first-order chi connectivity index (χ1) is 8.75. The third-order valence-corrected chi connectivity index (χ3v) is 4.36. The first kappa shape index (κ1) is 11.8. The minimum Gasteiger partial charge on any atom is -0.344 e. The van der Waals surface area contributed by atoms with E-state index in [9.17, 15) is 4.79 Å². The van der Waals surface area contributed by atoms with Gasteiger partial charge in [0.15, 0.2) is 5.69 Å². The van der Waals surface area contributed by atoms with E-state index in [2.05, 4.69) is 36.9 Å². The summed E-state index contributed by atoms with van der Waals surface area (Å²) in [5.41, 5.74) is 2.88. The van der Waals surface area contributed by atoms with Crippen molar-refractivity contribution in [1.82, 2.24) is 14.9 Å². The van der Waals surface area contributed by atoms with Crippen LogP contribution in [0.2, 0.25) is 0 Å². The summed E-state index contributed by atoms with van der Waals surface area (Å²) in [6.45, 7) is 0. The average Bonchev–Trinajstić information content (AvgIpc) is 2.99. The highest BCUT2D eigenvalue weighted by atomic mass is 79.9. The van der Waals surface area contributed by atoms with Crippen molar-refractivity contribution in [3.05, 3.63) is 44.9 Å². The molecular formula is C12H10BrN3OS. The molecule has 0 aliphatic heterocycles. The summed E-state index contributed by atoms with van der Waals surface area (Å²) in [4.78, 5) is 11.9. The zero-order chi connectivity index (χ0) is 12.5. The lowest BCUT2D eigenvalue weighted by Gasteiger charge is -2.13. The van der Waals surface area contributed by atoms with Crippen LogP contribution in [0.4, 0.5) is 0 Å². The molecule has 1 atom stereocenters. The highest BCUT2D eigenvalue weighted by Crippen LogP contribution is 2.35. The predicted octanol–water partition coefficient (Wildman–Crippen LogP) is 2.72. The van der Waals surface area contributed by atoms with Gasteiger partial charge in [0.25, 0.3) is 5.91 Å². The number of halogens is 1. The second-order valence-electron chi connectivity index (χ2n) is 4.16. The SMILES string of the molecule is O=C(N[C@@H]1CCc2c(Br)cccc21)c1csnn1. The van der Waals surface area contributed by atoms with Gasteiger partial charge in [-0.05, 0) is 41.6 Å². The summed E-state index contributed by atoms with van der Waals surface area (Å²) in [5, 5.41) is 8.45. The van der Waals surface area contributed by atoms with Crippen LogP contribution in [-0.4, -0.2) is 15.5 Å². The average molecular weight is 324 g/mol. The molecule has 3 rings (SSSR count). The number of rotatable bonds is 2. The van der Waals surface area contributed by atoms with Crippen molar-refractivity contribution in [2.45, 2.75) is 18.9 Å². The van der Waals surface area contributed by atoms with Gasteiger partial charge in [0.1, 0.15) is 0 Å². The summed E-state index contributed by atoms with van der Waals surface area (Å²) < 4.78 is 4.82. The first-order valence-electron chi connectivity index (χ1n) is 5.61. The normalized spacial score (nSPS) is 17.5. The third-order valence-electron chi connectivity index (χ3n) is 3.11. The van der Waals surface area contributed by atoms with Gasteiger partial charge in [0.05, 0.1) is 6.04 Å². The molecule has 1 aliphatic carbocycles. The molecule has 0 saturated heterocycles. The molecule has 6 heteroatoms. The van der Waals surface area contributed by atoms with E-state index in [1.807, 2.05) is 12.1 Å². The number of hydrogen-bond acceptors (Lipinski definition) is 4. The van der Waals surface area contributed by atoms with Crippen LogP contribution in [0.25, 0.3) is 0 Å². The molecular weight excluding hydrogens is 314 g/mol. The fourth-order valence-corrected chi connectivity index (χ4v) is 3.27. The Morgan fingerprint density at radius 1 is 1.50 bits per heavy atom. The van der Waals surface area contributed by atoms with Crippen molar-refractivity contribution < 1.29 is 4.79 Å². The Balaban J connectivity index is 1.81. The Morgan fingerprint density at radius 2 is 2.39 bits per heavy atom. The molecule has 4 nitrogen and oxygen atoms in total. The molecule has 0 fully saturated rings. The van der Waals surface area contributed by atoms with Gasteiger partial charge in [-0.2, -0.15) is 0 Å². The highest BCUT2D eigenvalue weighted by Gasteiger charge is 2.26. The summed E-state index contributed by atoms with van der Waals surface area (Å²) >= 11 is 4.73. The topological polar surface area (TPSA) is 54.9 Å². The molecule has 1 heterocycles. The Hall–Kier alpha value is -1.27. The maximum atomic E-state index is 11.9. The minimum absolute atomic E-state index is 0.0756. The molecule has 1 aliphatic rings. The van der Waals surface area contributed by atoms with Crippen LogP contribution >= 0.6 is 27.5 Å². The molecule has 0 bridgehead atoms. The van der Waals surface area contributed by atoms with Crippen molar-refractivity contribution >= 4 is 33.4 Å². The van der Waals surface area contributed by atoms with Crippen LogP contribution in [0.1, 0.15) is 34.1 Å².